The highest BCUT2D eigenvalue weighted by Crippen LogP contribution is 2.18. The predicted molar refractivity (Wildman–Crippen MR) is 96.7 cm³/mol. The Hall–Kier alpha value is -2.82. The molecule has 0 bridgehead atoms. The molecule has 0 spiro atoms. The molecule has 1 heterocycles. The normalized spacial score (nSPS) is 13.6. The van der Waals surface area contributed by atoms with Crippen molar-refractivity contribution in [2.24, 2.45) is 5.16 Å². The van der Waals surface area contributed by atoms with Crippen LogP contribution >= 0.6 is 0 Å². The third-order valence-electron chi connectivity index (χ3n) is 4.14. The van der Waals surface area contributed by atoms with E-state index in [9.17, 15) is 4.79 Å². The van der Waals surface area contributed by atoms with E-state index in [-0.39, 0.29) is 12.5 Å². The van der Waals surface area contributed by atoms with E-state index in [0.717, 1.165) is 24.3 Å². The van der Waals surface area contributed by atoms with Gasteiger partial charge in [0.15, 0.2) is 6.61 Å². The first-order chi connectivity index (χ1) is 12.3. The molecule has 5 nitrogen and oxygen atoms in total. The van der Waals surface area contributed by atoms with Gasteiger partial charge in [-0.05, 0) is 54.3 Å². The van der Waals surface area contributed by atoms with Crippen LogP contribution in [0.2, 0.25) is 0 Å². The molecule has 2 aromatic rings. The van der Waals surface area contributed by atoms with Crippen molar-refractivity contribution in [1.82, 2.24) is 4.90 Å². The molecule has 0 saturated carbocycles. The zero-order valence-electron chi connectivity index (χ0n) is 14.4. The van der Waals surface area contributed by atoms with E-state index in [1.54, 1.807) is 6.21 Å². The molecule has 1 amide bonds. The fourth-order valence-electron chi connectivity index (χ4n) is 2.81. The first-order valence-electron chi connectivity index (χ1n) is 8.49. The molecule has 1 aliphatic heterocycles. The zero-order valence-corrected chi connectivity index (χ0v) is 14.4. The number of ether oxygens (including phenoxy) is 1. The molecule has 0 aliphatic carbocycles. The molecule has 1 aliphatic rings. The lowest BCUT2D eigenvalue weighted by Gasteiger charge is -2.28. The van der Waals surface area contributed by atoms with Crippen molar-refractivity contribution in [3.63, 3.8) is 0 Å². The number of fused-ring (bicyclic) bond motifs is 1. The van der Waals surface area contributed by atoms with Gasteiger partial charge in [-0.15, -0.1) is 0 Å². The van der Waals surface area contributed by atoms with Crippen LogP contribution in [0.15, 0.2) is 53.7 Å². The number of amides is 1. The number of nitrogens with zero attached hydrogens (tertiary/aromatic N) is 2. The maximum atomic E-state index is 12.2. The van der Waals surface area contributed by atoms with Crippen LogP contribution < -0.4 is 4.74 Å². The molecule has 0 unspecified atom stereocenters. The summed E-state index contributed by atoms with van der Waals surface area (Å²) in [5, 5.41) is 3.88. The first kappa shape index (κ1) is 17.0. The molecule has 25 heavy (non-hydrogen) atoms. The van der Waals surface area contributed by atoms with Gasteiger partial charge in [-0.25, -0.2) is 0 Å². The van der Waals surface area contributed by atoms with Crippen molar-refractivity contribution < 1.29 is 14.4 Å². The summed E-state index contributed by atoms with van der Waals surface area (Å²) in [4.78, 5) is 19.2. The number of carbonyl (C=O) groups is 1. The van der Waals surface area contributed by atoms with Crippen molar-refractivity contribution in [2.75, 3.05) is 19.8 Å². The summed E-state index contributed by atoms with van der Waals surface area (Å²) >= 11 is 0. The van der Waals surface area contributed by atoms with Crippen molar-refractivity contribution in [3.8, 4) is 5.75 Å². The lowest BCUT2D eigenvalue weighted by Crippen LogP contribution is -2.37. The van der Waals surface area contributed by atoms with Gasteiger partial charge in [-0.3, -0.25) is 4.79 Å². The number of hydrogen-bond donors (Lipinski definition) is 0. The summed E-state index contributed by atoms with van der Waals surface area (Å²) in [6, 6.07) is 15.8. The van der Waals surface area contributed by atoms with Gasteiger partial charge in [0.05, 0.1) is 12.8 Å². The summed E-state index contributed by atoms with van der Waals surface area (Å²) in [6.07, 6.45) is 2.48. The van der Waals surface area contributed by atoms with Gasteiger partial charge in [-0.2, -0.15) is 0 Å². The standard InChI is InChI=1S/C20H22N2O3/c1-2-24-19-9-7-16(8-10-19)13-21-25-15-20(23)22-12-11-17-5-3-4-6-18(17)14-22/h3-10,13H,2,11-12,14-15H2,1H3/b21-13-. The summed E-state index contributed by atoms with van der Waals surface area (Å²) in [5.41, 5.74) is 3.42. The van der Waals surface area contributed by atoms with E-state index in [1.807, 2.05) is 48.2 Å². The topological polar surface area (TPSA) is 51.1 Å². The van der Waals surface area contributed by atoms with Gasteiger partial charge in [0.2, 0.25) is 0 Å². The Labute approximate surface area is 147 Å². The molecular weight excluding hydrogens is 316 g/mol. The highest BCUT2D eigenvalue weighted by molar-refractivity contribution is 5.80. The average molecular weight is 338 g/mol. The Kier molecular flexibility index (Phi) is 5.67. The molecule has 0 fully saturated rings. The second kappa shape index (κ2) is 8.33. The Morgan fingerprint density at radius 2 is 1.92 bits per heavy atom. The second-order valence-electron chi connectivity index (χ2n) is 5.84. The fourth-order valence-corrected chi connectivity index (χ4v) is 2.81. The van der Waals surface area contributed by atoms with Crippen molar-refractivity contribution in [2.45, 2.75) is 19.9 Å². The van der Waals surface area contributed by atoms with Crippen molar-refractivity contribution in [3.05, 3.63) is 65.2 Å². The van der Waals surface area contributed by atoms with Gasteiger partial charge >= 0.3 is 0 Å². The van der Waals surface area contributed by atoms with Crippen LogP contribution in [0.25, 0.3) is 0 Å². The van der Waals surface area contributed by atoms with Crippen LogP contribution in [-0.4, -0.2) is 36.8 Å². The molecule has 130 valence electrons. The van der Waals surface area contributed by atoms with Crippen molar-refractivity contribution >= 4 is 12.1 Å². The smallest absolute Gasteiger partial charge is 0.263 e. The molecule has 3 rings (SSSR count). The van der Waals surface area contributed by atoms with Gasteiger partial charge in [0, 0.05) is 13.1 Å². The second-order valence-corrected chi connectivity index (χ2v) is 5.84. The maximum Gasteiger partial charge on any atom is 0.263 e. The maximum absolute atomic E-state index is 12.2. The Morgan fingerprint density at radius 3 is 2.68 bits per heavy atom. The quantitative estimate of drug-likeness (QED) is 0.601. The van der Waals surface area contributed by atoms with Gasteiger partial charge in [-0.1, -0.05) is 29.4 Å². The van der Waals surface area contributed by atoms with Crippen LogP contribution in [0, 0.1) is 0 Å². The van der Waals surface area contributed by atoms with E-state index in [0.29, 0.717) is 13.2 Å². The molecule has 0 saturated heterocycles. The van der Waals surface area contributed by atoms with E-state index < -0.39 is 0 Å². The van der Waals surface area contributed by atoms with Crippen LogP contribution in [0.4, 0.5) is 0 Å². The molecule has 0 radical (unpaired) electrons. The van der Waals surface area contributed by atoms with Crippen LogP contribution in [0.1, 0.15) is 23.6 Å². The molecular formula is C20H22N2O3. The summed E-state index contributed by atoms with van der Waals surface area (Å²) < 4.78 is 5.38. The lowest BCUT2D eigenvalue weighted by atomic mass is 10.00. The minimum absolute atomic E-state index is 0.0432. The fraction of sp³-hybridized carbons (Fsp3) is 0.300. The number of benzene rings is 2. The Bertz CT molecular complexity index is 741. The Balaban J connectivity index is 1.46. The monoisotopic (exact) mass is 338 g/mol. The molecule has 2 aromatic carbocycles. The van der Waals surface area contributed by atoms with E-state index in [1.165, 1.54) is 11.1 Å². The number of rotatable bonds is 6. The van der Waals surface area contributed by atoms with Crippen LogP contribution in [0.5, 0.6) is 5.75 Å². The van der Waals surface area contributed by atoms with Crippen LogP contribution in [0.3, 0.4) is 0 Å². The predicted octanol–water partition coefficient (Wildman–Crippen LogP) is 3.02. The van der Waals surface area contributed by atoms with Gasteiger partial charge in [0.1, 0.15) is 5.75 Å². The SMILES string of the molecule is CCOc1ccc(/C=N\OCC(=O)N2CCc3ccccc3C2)cc1. The lowest BCUT2D eigenvalue weighted by molar-refractivity contribution is -0.137. The number of hydrogen-bond acceptors (Lipinski definition) is 4. The molecule has 0 atom stereocenters. The number of oxime groups is 1. The van der Waals surface area contributed by atoms with E-state index >= 15 is 0 Å². The summed E-state index contributed by atoms with van der Waals surface area (Å²) in [5.74, 6) is 0.777. The minimum atomic E-state index is -0.0459. The van der Waals surface area contributed by atoms with E-state index in [4.69, 9.17) is 9.57 Å². The molecule has 5 heteroatoms. The highest BCUT2D eigenvalue weighted by Gasteiger charge is 2.20. The minimum Gasteiger partial charge on any atom is -0.494 e. The molecule has 0 aromatic heterocycles. The summed E-state index contributed by atoms with van der Waals surface area (Å²) in [6.45, 7) is 3.90. The van der Waals surface area contributed by atoms with Crippen LogP contribution in [-0.2, 0) is 22.6 Å². The van der Waals surface area contributed by atoms with E-state index in [2.05, 4.69) is 17.3 Å². The van der Waals surface area contributed by atoms with Crippen molar-refractivity contribution in [1.29, 1.82) is 0 Å². The average Bonchev–Trinajstić information content (AvgIpc) is 2.66. The third kappa shape index (κ3) is 4.59. The highest BCUT2D eigenvalue weighted by atomic mass is 16.6. The van der Waals surface area contributed by atoms with Gasteiger partial charge in [0.25, 0.3) is 5.91 Å². The van der Waals surface area contributed by atoms with Gasteiger partial charge < -0.3 is 14.5 Å². The first-order valence-corrected chi connectivity index (χ1v) is 8.49. The third-order valence-corrected chi connectivity index (χ3v) is 4.14. The zero-order chi connectivity index (χ0) is 17.5. The Morgan fingerprint density at radius 1 is 1.16 bits per heavy atom. The largest absolute Gasteiger partial charge is 0.494 e. The molecule has 0 N–H and O–H groups in total. The number of carbonyl (C=O) groups excluding carboxylic acids is 1. The summed E-state index contributed by atoms with van der Waals surface area (Å²) in [7, 11) is 0.